The van der Waals surface area contributed by atoms with Gasteiger partial charge in [-0.1, -0.05) is 76.4 Å². The van der Waals surface area contributed by atoms with Gasteiger partial charge in [0.15, 0.2) is 5.12 Å². The van der Waals surface area contributed by atoms with Crippen molar-refractivity contribution in [2.75, 3.05) is 5.75 Å². The summed E-state index contributed by atoms with van der Waals surface area (Å²) in [5, 5.41) is 8.10. The average molecular weight is 601 g/mol. The summed E-state index contributed by atoms with van der Waals surface area (Å²) in [6.45, 7) is 7.32. The quantitative estimate of drug-likeness (QED) is 0.147. The number of unbranched alkanes of at least 4 members (excludes halogenated alkanes) is 4. The lowest BCUT2D eigenvalue weighted by atomic mass is 10.0. The van der Waals surface area contributed by atoms with Crippen LogP contribution in [0.5, 0.6) is 0 Å². The molecule has 0 spiro atoms. The van der Waals surface area contributed by atoms with E-state index in [1.54, 1.807) is 45.1 Å². The van der Waals surface area contributed by atoms with Crippen LogP contribution in [0.15, 0.2) is 42.1 Å². The van der Waals surface area contributed by atoms with Crippen LogP contribution >= 0.6 is 11.8 Å². The summed E-state index contributed by atoms with van der Waals surface area (Å²) < 4.78 is 5.69. The number of carbonyl (C=O) groups excluding carboxylic acids is 5. The molecule has 2 bridgehead atoms. The fraction of sp³-hybridized carbons (Fsp3) is 0.548. The Bertz CT molecular complexity index is 1150. The molecular formula is C31H44N4O6S. The van der Waals surface area contributed by atoms with Gasteiger partial charge < -0.3 is 20.7 Å². The van der Waals surface area contributed by atoms with E-state index in [4.69, 9.17) is 4.74 Å². The lowest BCUT2D eigenvalue weighted by molar-refractivity contribution is -0.153. The predicted molar refractivity (Wildman–Crippen MR) is 163 cm³/mol. The molecule has 0 saturated carbocycles. The highest BCUT2D eigenvalue weighted by molar-refractivity contribution is 8.13. The van der Waals surface area contributed by atoms with E-state index in [1.165, 1.54) is 36.7 Å². The van der Waals surface area contributed by atoms with Crippen molar-refractivity contribution in [2.24, 2.45) is 5.92 Å². The monoisotopic (exact) mass is 600 g/mol. The predicted octanol–water partition coefficient (Wildman–Crippen LogP) is 4.35. The Morgan fingerprint density at radius 3 is 2.60 bits per heavy atom. The summed E-state index contributed by atoms with van der Waals surface area (Å²) in [4.78, 5) is 68.1. The van der Waals surface area contributed by atoms with Crippen molar-refractivity contribution in [3.63, 3.8) is 0 Å². The summed E-state index contributed by atoms with van der Waals surface area (Å²) >= 11 is 1.29. The smallest absolute Gasteiger partial charge is 0.329 e. The van der Waals surface area contributed by atoms with Crippen LogP contribution in [-0.2, 0) is 30.5 Å². The SMILES string of the molecule is C/C=C1/NC(=O)c2cccc(n2)CNC(=O)C[C@@H](/C=C/CCSC(=O)CCCCCCC)OC(=O)[C@H](C(C)C)NC1=O. The topological polar surface area (TPSA) is 144 Å². The maximum atomic E-state index is 13.2. The third-order valence-corrected chi connectivity index (χ3v) is 7.50. The van der Waals surface area contributed by atoms with Gasteiger partial charge in [-0.25, -0.2) is 9.78 Å². The number of fused-ring (bicyclic) bond motifs is 2. The fourth-order valence-corrected chi connectivity index (χ4v) is 4.89. The van der Waals surface area contributed by atoms with E-state index >= 15 is 0 Å². The van der Waals surface area contributed by atoms with Gasteiger partial charge in [-0.2, -0.15) is 0 Å². The number of ether oxygens (including phenoxy) is 1. The summed E-state index contributed by atoms with van der Waals surface area (Å²) in [6.07, 6.45) is 10.5. The summed E-state index contributed by atoms with van der Waals surface area (Å²) in [5.74, 6) is -2.08. The van der Waals surface area contributed by atoms with Gasteiger partial charge in [0.1, 0.15) is 23.5 Å². The standard InChI is InChI=1S/C31H44N4O6S/c1-5-7-8-9-10-17-27(37)42-18-12-11-15-23-19-26(36)32-20-22-14-13-16-25(33-22)30(39)34-24(6-2)29(38)35-28(21(3)4)31(40)41-23/h6,11,13-16,21,23,28H,5,7-10,12,17-20H2,1-4H3,(H,32,36)(H,34,39)(H,35,38)/b15-11+,24-6+/t23-,28+/m1/s1. The Morgan fingerprint density at radius 1 is 1.12 bits per heavy atom. The molecular weight excluding hydrogens is 556 g/mol. The number of nitrogens with zero attached hydrogens (tertiary/aromatic N) is 1. The molecule has 1 aliphatic rings. The first-order valence-corrected chi connectivity index (χ1v) is 15.7. The second kappa shape index (κ2) is 18.9. The Hall–Kier alpha value is -3.47. The maximum Gasteiger partial charge on any atom is 0.329 e. The van der Waals surface area contributed by atoms with Crippen LogP contribution in [0.25, 0.3) is 0 Å². The van der Waals surface area contributed by atoms with Gasteiger partial charge >= 0.3 is 5.97 Å². The highest BCUT2D eigenvalue weighted by atomic mass is 32.2. The molecule has 1 aromatic rings. The van der Waals surface area contributed by atoms with E-state index < -0.39 is 29.9 Å². The minimum atomic E-state index is -1.02. The number of rotatable bonds is 11. The van der Waals surface area contributed by atoms with Crippen LogP contribution in [0.1, 0.15) is 95.2 Å². The van der Waals surface area contributed by atoms with Crippen molar-refractivity contribution in [1.29, 1.82) is 0 Å². The van der Waals surface area contributed by atoms with E-state index in [9.17, 15) is 24.0 Å². The van der Waals surface area contributed by atoms with E-state index in [0.29, 0.717) is 24.3 Å². The average Bonchev–Trinajstić information content (AvgIpc) is 2.96. The normalized spacial score (nSPS) is 19.9. The van der Waals surface area contributed by atoms with Crippen molar-refractivity contribution in [2.45, 2.75) is 97.8 Å². The van der Waals surface area contributed by atoms with Crippen molar-refractivity contribution in [3.8, 4) is 0 Å². The second-order valence-corrected chi connectivity index (χ2v) is 11.6. The molecule has 0 unspecified atom stereocenters. The Kier molecular flexibility index (Phi) is 15.6. The van der Waals surface area contributed by atoms with Crippen LogP contribution < -0.4 is 16.0 Å². The largest absolute Gasteiger partial charge is 0.456 e. The molecule has 2 heterocycles. The number of nitrogens with one attached hydrogen (secondary N) is 3. The number of amides is 3. The summed E-state index contributed by atoms with van der Waals surface area (Å²) in [7, 11) is 0. The number of pyridine rings is 1. The van der Waals surface area contributed by atoms with Crippen LogP contribution in [0, 0.1) is 5.92 Å². The van der Waals surface area contributed by atoms with Crippen LogP contribution in [-0.4, -0.2) is 51.7 Å². The molecule has 1 aliphatic heterocycles. The molecule has 0 radical (unpaired) electrons. The number of aromatic nitrogens is 1. The molecule has 10 nitrogen and oxygen atoms in total. The lowest BCUT2D eigenvalue weighted by Crippen LogP contribution is -2.48. The van der Waals surface area contributed by atoms with Gasteiger partial charge in [0.05, 0.1) is 18.7 Å². The molecule has 2 rings (SSSR count). The molecule has 0 aromatic carbocycles. The number of esters is 1. The van der Waals surface area contributed by atoms with E-state index in [2.05, 4.69) is 27.9 Å². The zero-order valence-electron chi connectivity index (χ0n) is 25.1. The first kappa shape index (κ1) is 34.7. The molecule has 3 amide bonds. The number of hydrogen-bond acceptors (Lipinski definition) is 8. The minimum absolute atomic E-state index is 0.0319. The zero-order chi connectivity index (χ0) is 30.9. The van der Waals surface area contributed by atoms with Crippen molar-refractivity contribution in [1.82, 2.24) is 20.9 Å². The van der Waals surface area contributed by atoms with Gasteiger partial charge in [-0.3, -0.25) is 19.2 Å². The summed E-state index contributed by atoms with van der Waals surface area (Å²) in [6, 6.07) is 3.78. The summed E-state index contributed by atoms with van der Waals surface area (Å²) in [5.41, 5.74) is 0.496. The Labute approximate surface area is 252 Å². The fourth-order valence-electron chi connectivity index (χ4n) is 4.12. The number of carbonyl (C=O) groups is 5. The number of allylic oxidation sites excluding steroid dienone is 2. The first-order valence-electron chi connectivity index (χ1n) is 14.7. The van der Waals surface area contributed by atoms with Crippen molar-refractivity contribution >= 4 is 40.6 Å². The van der Waals surface area contributed by atoms with Gasteiger partial charge in [-0.15, -0.1) is 0 Å². The number of thioether (sulfide) groups is 1. The van der Waals surface area contributed by atoms with E-state index in [-0.39, 0.29) is 41.3 Å². The van der Waals surface area contributed by atoms with E-state index in [1.807, 2.05) is 0 Å². The van der Waals surface area contributed by atoms with Gasteiger partial charge in [0.2, 0.25) is 5.91 Å². The van der Waals surface area contributed by atoms with Gasteiger partial charge in [0, 0.05) is 12.2 Å². The number of cyclic esters (lactones) is 1. The van der Waals surface area contributed by atoms with Crippen LogP contribution in [0.3, 0.4) is 0 Å². The van der Waals surface area contributed by atoms with Crippen LogP contribution in [0.4, 0.5) is 0 Å². The molecule has 1 aromatic heterocycles. The molecule has 3 N–H and O–H groups in total. The second-order valence-electron chi connectivity index (χ2n) is 10.4. The Balaban J connectivity index is 2.13. The Morgan fingerprint density at radius 2 is 1.88 bits per heavy atom. The third kappa shape index (κ3) is 12.6. The molecule has 0 saturated heterocycles. The number of hydrogen-bond donors (Lipinski definition) is 3. The molecule has 11 heteroatoms. The van der Waals surface area contributed by atoms with E-state index in [0.717, 1.165) is 19.3 Å². The van der Waals surface area contributed by atoms with Crippen LogP contribution in [0.2, 0.25) is 0 Å². The van der Waals surface area contributed by atoms with Crippen molar-refractivity contribution < 1.29 is 28.7 Å². The molecule has 0 fully saturated rings. The first-order chi connectivity index (χ1) is 20.1. The third-order valence-electron chi connectivity index (χ3n) is 6.53. The lowest BCUT2D eigenvalue weighted by Gasteiger charge is -2.24. The van der Waals surface area contributed by atoms with Crippen molar-refractivity contribution in [3.05, 3.63) is 53.5 Å². The maximum absolute atomic E-state index is 13.2. The molecule has 230 valence electrons. The highest BCUT2D eigenvalue weighted by Gasteiger charge is 2.30. The molecule has 42 heavy (non-hydrogen) atoms. The minimum Gasteiger partial charge on any atom is -0.456 e. The molecule has 0 aliphatic carbocycles. The molecule has 2 atom stereocenters. The zero-order valence-corrected chi connectivity index (χ0v) is 25.9. The highest BCUT2D eigenvalue weighted by Crippen LogP contribution is 2.15. The van der Waals surface area contributed by atoms with Gasteiger partial charge in [-0.05, 0) is 43.9 Å². The van der Waals surface area contributed by atoms with Gasteiger partial charge in [0.25, 0.3) is 11.8 Å².